The van der Waals surface area contributed by atoms with E-state index in [4.69, 9.17) is 0 Å². The maximum atomic E-state index is 13.9. The van der Waals surface area contributed by atoms with Gasteiger partial charge in [-0.3, -0.25) is 0 Å². The van der Waals surface area contributed by atoms with Crippen LogP contribution in [0.2, 0.25) is 0 Å². The van der Waals surface area contributed by atoms with E-state index in [-0.39, 0.29) is 11.1 Å². The van der Waals surface area contributed by atoms with Gasteiger partial charge in [-0.15, -0.1) is 0 Å². The Balaban J connectivity index is 2.41. The quantitative estimate of drug-likeness (QED) is 0.812. The van der Waals surface area contributed by atoms with Crippen molar-refractivity contribution in [3.05, 3.63) is 59.4 Å². The lowest BCUT2D eigenvalue weighted by Crippen LogP contribution is -2.11. The molecule has 0 bridgehead atoms. The molecule has 0 radical (unpaired) electrons. The number of alkyl halides is 3. The zero-order valence-electron chi connectivity index (χ0n) is 11.5. The van der Waals surface area contributed by atoms with Crippen molar-refractivity contribution in [2.75, 3.05) is 6.54 Å². The van der Waals surface area contributed by atoms with Crippen LogP contribution in [0.25, 0.3) is 11.1 Å². The van der Waals surface area contributed by atoms with Crippen molar-refractivity contribution in [2.45, 2.75) is 19.6 Å². The fourth-order valence-corrected chi connectivity index (χ4v) is 2.04. The van der Waals surface area contributed by atoms with Crippen LogP contribution in [-0.2, 0) is 12.7 Å². The second-order valence-electron chi connectivity index (χ2n) is 4.67. The summed E-state index contributed by atoms with van der Waals surface area (Å²) in [6.07, 6.45) is -4.44. The van der Waals surface area contributed by atoms with Crippen LogP contribution in [0.1, 0.15) is 18.1 Å². The first kappa shape index (κ1) is 15.5. The minimum atomic E-state index is -4.44. The fourth-order valence-electron chi connectivity index (χ4n) is 2.04. The van der Waals surface area contributed by atoms with Crippen LogP contribution >= 0.6 is 0 Å². The standard InChI is InChI=1S/C16H15F4N/c1-2-21-10-11-6-7-15(17)14(8-11)12-4-3-5-13(9-12)16(18,19)20/h3-9,21H,2,10H2,1H3. The van der Waals surface area contributed by atoms with Crippen LogP contribution < -0.4 is 5.32 Å². The Morgan fingerprint density at radius 3 is 2.48 bits per heavy atom. The summed E-state index contributed by atoms with van der Waals surface area (Å²) < 4.78 is 52.1. The van der Waals surface area contributed by atoms with Crippen molar-refractivity contribution in [1.29, 1.82) is 0 Å². The van der Waals surface area contributed by atoms with Crippen molar-refractivity contribution < 1.29 is 17.6 Å². The molecule has 2 rings (SSSR count). The van der Waals surface area contributed by atoms with Crippen LogP contribution in [0.4, 0.5) is 17.6 Å². The predicted octanol–water partition coefficient (Wildman–Crippen LogP) is 4.62. The van der Waals surface area contributed by atoms with Crippen molar-refractivity contribution in [2.24, 2.45) is 0 Å². The van der Waals surface area contributed by atoms with Gasteiger partial charge in [-0.1, -0.05) is 25.1 Å². The first-order valence-corrected chi connectivity index (χ1v) is 6.58. The lowest BCUT2D eigenvalue weighted by atomic mass is 10.00. The van der Waals surface area contributed by atoms with Crippen LogP contribution in [0.15, 0.2) is 42.5 Å². The molecule has 0 fully saturated rings. The molecule has 0 unspecified atom stereocenters. The molecule has 0 aliphatic heterocycles. The van der Waals surface area contributed by atoms with E-state index in [1.54, 1.807) is 12.1 Å². The number of rotatable bonds is 4. The summed E-state index contributed by atoms with van der Waals surface area (Å²) in [7, 11) is 0. The van der Waals surface area contributed by atoms with Gasteiger partial charge in [0.1, 0.15) is 5.82 Å². The maximum Gasteiger partial charge on any atom is 0.416 e. The average molecular weight is 297 g/mol. The molecule has 112 valence electrons. The molecule has 2 aromatic rings. The van der Waals surface area contributed by atoms with Gasteiger partial charge < -0.3 is 5.32 Å². The number of hydrogen-bond donors (Lipinski definition) is 1. The summed E-state index contributed by atoms with van der Waals surface area (Å²) in [5.74, 6) is -0.533. The minimum Gasteiger partial charge on any atom is -0.313 e. The van der Waals surface area contributed by atoms with Crippen molar-refractivity contribution in [3.63, 3.8) is 0 Å². The molecule has 0 aliphatic carbocycles. The fraction of sp³-hybridized carbons (Fsp3) is 0.250. The Hall–Kier alpha value is -1.88. The summed E-state index contributed by atoms with van der Waals surface area (Å²) in [5.41, 5.74) is 0.444. The largest absolute Gasteiger partial charge is 0.416 e. The molecular weight excluding hydrogens is 282 g/mol. The Morgan fingerprint density at radius 1 is 1.05 bits per heavy atom. The molecule has 0 aliphatic rings. The predicted molar refractivity (Wildman–Crippen MR) is 74.2 cm³/mol. The highest BCUT2D eigenvalue weighted by molar-refractivity contribution is 5.66. The number of benzene rings is 2. The second-order valence-corrected chi connectivity index (χ2v) is 4.67. The highest BCUT2D eigenvalue weighted by atomic mass is 19.4. The first-order valence-electron chi connectivity index (χ1n) is 6.58. The van der Waals surface area contributed by atoms with E-state index < -0.39 is 17.6 Å². The molecule has 0 saturated heterocycles. The molecule has 5 heteroatoms. The van der Waals surface area contributed by atoms with Gasteiger partial charge in [-0.25, -0.2) is 4.39 Å². The lowest BCUT2D eigenvalue weighted by Gasteiger charge is -2.11. The van der Waals surface area contributed by atoms with E-state index in [1.165, 1.54) is 18.2 Å². The van der Waals surface area contributed by atoms with E-state index in [1.807, 2.05) is 6.92 Å². The van der Waals surface area contributed by atoms with Gasteiger partial charge in [0.2, 0.25) is 0 Å². The highest BCUT2D eigenvalue weighted by Gasteiger charge is 2.30. The molecule has 21 heavy (non-hydrogen) atoms. The van der Waals surface area contributed by atoms with Gasteiger partial charge in [0.15, 0.2) is 0 Å². The van der Waals surface area contributed by atoms with E-state index in [0.29, 0.717) is 6.54 Å². The number of nitrogens with one attached hydrogen (secondary N) is 1. The molecule has 1 nitrogen and oxygen atoms in total. The van der Waals surface area contributed by atoms with Gasteiger partial charge in [-0.05, 0) is 41.9 Å². The van der Waals surface area contributed by atoms with Gasteiger partial charge in [0, 0.05) is 12.1 Å². The maximum absolute atomic E-state index is 13.9. The monoisotopic (exact) mass is 297 g/mol. The van der Waals surface area contributed by atoms with Crippen LogP contribution in [-0.4, -0.2) is 6.54 Å². The summed E-state index contributed by atoms with van der Waals surface area (Å²) in [6.45, 7) is 3.25. The van der Waals surface area contributed by atoms with Crippen LogP contribution in [0.5, 0.6) is 0 Å². The van der Waals surface area contributed by atoms with Gasteiger partial charge in [-0.2, -0.15) is 13.2 Å². The Labute approximate surface area is 120 Å². The van der Waals surface area contributed by atoms with Crippen molar-refractivity contribution in [3.8, 4) is 11.1 Å². The molecule has 2 aromatic carbocycles. The second kappa shape index (κ2) is 6.26. The Morgan fingerprint density at radius 2 is 1.81 bits per heavy atom. The summed E-state index contributed by atoms with van der Waals surface area (Å²) in [5, 5.41) is 3.10. The molecule has 0 spiro atoms. The summed E-state index contributed by atoms with van der Waals surface area (Å²) in [6, 6.07) is 9.18. The Bertz CT molecular complexity index is 620. The topological polar surface area (TPSA) is 12.0 Å². The molecule has 0 saturated carbocycles. The zero-order chi connectivity index (χ0) is 15.5. The number of hydrogen-bond acceptors (Lipinski definition) is 1. The molecule has 0 amide bonds. The summed E-state index contributed by atoms with van der Waals surface area (Å²) >= 11 is 0. The van der Waals surface area contributed by atoms with E-state index in [2.05, 4.69) is 5.32 Å². The normalized spacial score (nSPS) is 11.7. The molecule has 0 atom stereocenters. The molecule has 1 N–H and O–H groups in total. The third kappa shape index (κ3) is 3.82. The minimum absolute atomic E-state index is 0.177. The van der Waals surface area contributed by atoms with Crippen LogP contribution in [0.3, 0.4) is 0 Å². The van der Waals surface area contributed by atoms with Gasteiger partial charge >= 0.3 is 6.18 Å². The third-order valence-corrected chi connectivity index (χ3v) is 3.11. The van der Waals surface area contributed by atoms with E-state index >= 15 is 0 Å². The number of halogens is 4. The molecular formula is C16H15F4N. The van der Waals surface area contributed by atoms with Crippen molar-refractivity contribution >= 4 is 0 Å². The highest BCUT2D eigenvalue weighted by Crippen LogP contribution is 2.33. The zero-order valence-corrected chi connectivity index (χ0v) is 11.5. The smallest absolute Gasteiger partial charge is 0.313 e. The van der Waals surface area contributed by atoms with Gasteiger partial charge in [0.05, 0.1) is 5.56 Å². The summed E-state index contributed by atoms with van der Waals surface area (Å²) in [4.78, 5) is 0. The van der Waals surface area contributed by atoms with Gasteiger partial charge in [0.25, 0.3) is 0 Å². The van der Waals surface area contributed by atoms with Crippen molar-refractivity contribution in [1.82, 2.24) is 5.32 Å². The Kier molecular flexibility index (Phi) is 4.63. The molecule has 0 aromatic heterocycles. The van der Waals surface area contributed by atoms with Crippen LogP contribution in [0, 0.1) is 5.82 Å². The first-order chi connectivity index (χ1) is 9.91. The third-order valence-electron chi connectivity index (χ3n) is 3.11. The SMILES string of the molecule is CCNCc1ccc(F)c(-c2cccc(C(F)(F)F)c2)c1. The molecule has 0 heterocycles. The van der Waals surface area contributed by atoms with E-state index in [9.17, 15) is 17.6 Å². The lowest BCUT2D eigenvalue weighted by molar-refractivity contribution is -0.137. The average Bonchev–Trinajstić information content (AvgIpc) is 2.45. The van der Waals surface area contributed by atoms with E-state index in [0.717, 1.165) is 24.2 Å².